The third-order valence-electron chi connectivity index (χ3n) is 8.70. The second-order valence-electron chi connectivity index (χ2n) is 10.8. The quantitative estimate of drug-likeness (QED) is 0.752. The van der Waals surface area contributed by atoms with E-state index in [0.29, 0.717) is 67.0 Å². The van der Waals surface area contributed by atoms with Crippen molar-refractivity contribution in [2.45, 2.75) is 46.5 Å². The van der Waals surface area contributed by atoms with Crippen LogP contribution in [-0.4, -0.2) is 69.6 Å². The zero-order valence-corrected chi connectivity index (χ0v) is 20.4. The van der Waals surface area contributed by atoms with Gasteiger partial charge in [0.1, 0.15) is 17.0 Å². The normalized spacial score (nSPS) is 26.0. The van der Waals surface area contributed by atoms with Crippen molar-refractivity contribution in [2.75, 3.05) is 32.7 Å². The van der Waals surface area contributed by atoms with Crippen LogP contribution in [0.25, 0.3) is 5.65 Å². The molecular formula is C26H35N5O3. The molecule has 1 N–H and O–H groups in total. The average molecular weight is 466 g/mol. The van der Waals surface area contributed by atoms with Crippen molar-refractivity contribution >= 4 is 23.4 Å². The van der Waals surface area contributed by atoms with Crippen molar-refractivity contribution in [3.63, 3.8) is 0 Å². The Hall–Kier alpha value is -2.90. The van der Waals surface area contributed by atoms with Gasteiger partial charge in [-0.25, -0.2) is 4.98 Å². The fourth-order valence-electron chi connectivity index (χ4n) is 6.42. The number of fused-ring (bicyclic) bond motifs is 3. The highest BCUT2D eigenvalue weighted by atomic mass is 16.2. The van der Waals surface area contributed by atoms with E-state index in [1.165, 1.54) is 19.3 Å². The topological polar surface area (TPSA) is 87.0 Å². The Balaban J connectivity index is 1.28. The summed E-state index contributed by atoms with van der Waals surface area (Å²) in [7, 11) is 0. The molecule has 1 aliphatic heterocycles. The molecule has 4 aliphatic rings. The average Bonchev–Trinajstić information content (AvgIpc) is 3.11. The lowest BCUT2D eigenvalue weighted by molar-refractivity contribution is -0.128. The SMILES string of the molecule is CC(=O)N1CCCN(C(=O)c2cn3c(C(=O)NC[C@@H]4CC[C@H]5C[C@@H]4C5(C)C)cccc3n2)CC1. The maximum absolute atomic E-state index is 13.2. The van der Waals surface area contributed by atoms with Gasteiger partial charge in [-0.15, -0.1) is 0 Å². The second-order valence-corrected chi connectivity index (χ2v) is 10.8. The fourth-order valence-corrected chi connectivity index (χ4v) is 6.42. The number of aromatic nitrogens is 2. The summed E-state index contributed by atoms with van der Waals surface area (Å²) in [5.74, 6) is 1.80. The van der Waals surface area contributed by atoms with E-state index in [9.17, 15) is 14.4 Å². The highest BCUT2D eigenvalue weighted by Crippen LogP contribution is 2.61. The van der Waals surface area contributed by atoms with Crippen molar-refractivity contribution in [1.82, 2.24) is 24.5 Å². The Kier molecular flexibility index (Phi) is 5.86. The van der Waals surface area contributed by atoms with E-state index in [1.807, 2.05) is 12.1 Å². The van der Waals surface area contributed by atoms with E-state index in [1.54, 1.807) is 33.4 Å². The molecule has 2 aromatic rings. The maximum Gasteiger partial charge on any atom is 0.274 e. The standard InChI is InChI=1S/C26H35N5O3/c1-17(32)29-10-5-11-30(13-12-29)25(34)21-16-31-22(6-4-7-23(31)28-21)24(33)27-15-18-8-9-19-14-20(18)26(19,2)3/h4,6-7,16,18-20H,5,8-15H2,1-3H3,(H,27,33)/t18-,19-,20-/m0/s1. The predicted octanol–water partition coefficient (Wildman–Crippen LogP) is 2.83. The van der Waals surface area contributed by atoms with E-state index in [2.05, 4.69) is 24.1 Å². The van der Waals surface area contributed by atoms with Crippen LogP contribution in [-0.2, 0) is 4.79 Å². The molecule has 8 heteroatoms. The predicted molar refractivity (Wildman–Crippen MR) is 128 cm³/mol. The summed E-state index contributed by atoms with van der Waals surface area (Å²) in [6.45, 7) is 9.25. The minimum Gasteiger partial charge on any atom is -0.350 e. The van der Waals surface area contributed by atoms with E-state index < -0.39 is 0 Å². The molecule has 3 atom stereocenters. The number of hydrogen-bond donors (Lipinski definition) is 1. The number of nitrogens with zero attached hydrogens (tertiary/aromatic N) is 4. The van der Waals surface area contributed by atoms with Crippen molar-refractivity contribution in [3.05, 3.63) is 35.8 Å². The molecule has 3 amide bonds. The van der Waals surface area contributed by atoms with Crippen LogP contribution < -0.4 is 5.32 Å². The summed E-state index contributed by atoms with van der Waals surface area (Å²) in [5.41, 5.74) is 1.79. The first-order valence-electron chi connectivity index (χ1n) is 12.6. The first kappa shape index (κ1) is 22.9. The van der Waals surface area contributed by atoms with Crippen LogP contribution in [0.1, 0.15) is 67.4 Å². The van der Waals surface area contributed by atoms with E-state index in [0.717, 1.165) is 12.3 Å². The molecule has 2 aromatic heterocycles. The van der Waals surface area contributed by atoms with Crippen molar-refractivity contribution in [1.29, 1.82) is 0 Å². The maximum atomic E-state index is 13.2. The molecule has 3 aliphatic carbocycles. The summed E-state index contributed by atoms with van der Waals surface area (Å²) in [4.78, 5) is 46.0. The molecule has 3 saturated carbocycles. The largest absolute Gasteiger partial charge is 0.350 e. The molecule has 0 spiro atoms. The number of nitrogens with one attached hydrogen (secondary N) is 1. The molecule has 1 saturated heterocycles. The molecule has 0 unspecified atom stereocenters. The molecule has 0 aromatic carbocycles. The van der Waals surface area contributed by atoms with Crippen LogP contribution in [0.4, 0.5) is 0 Å². The van der Waals surface area contributed by atoms with Crippen LogP contribution >= 0.6 is 0 Å². The minimum atomic E-state index is -0.163. The molecule has 2 bridgehead atoms. The van der Waals surface area contributed by atoms with Crippen LogP contribution in [0.5, 0.6) is 0 Å². The van der Waals surface area contributed by atoms with E-state index >= 15 is 0 Å². The van der Waals surface area contributed by atoms with Crippen LogP contribution in [0, 0.1) is 23.2 Å². The minimum absolute atomic E-state index is 0.0339. The number of imidazole rings is 1. The lowest BCUT2D eigenvalue weighted by Gasteiger charge is -2.60. The molecule has 4 fully saturated rings. The van der Waals surface area contributed by atoms with Crippen LogP contribution in [0.2, 0.25) is 0 Å². The number of hydrogen-bond acceptors (Lipinski definition) is 4. The molecule has 182 valence electrons. The number of carbonyl (C=O) groups excluding carboxylic acids is 3. The Morgan fingerprint density at radius 2 is 1.85 bits per heavy atom. The molecular weight excluding hydrogens is 430 g/mol. The van der Waals surface area contributed by atoms with Gasteiger partial charge in [0, 0.05) is 45.8 Å². The lowest BCUT2D eigenvalue weighted by atomic mass is 9.45. The van der Waals surface area contributed by atoms with Gasteiger partial charge in [-0.05, 0) is 61.0 Å². The van der Waals surface area contributed by atoms with Gasteiger partial charge in [0.2, 0.25) is 5.91 Å². The highest BCUT2D eigenvalue weighted by Gasteiger charge is 2.53. The van der Waals surface area contributed by atoms with Crippen LogP contribution in [0.3, 0.4) is 0 Å². The van der Waals surface area contributed by atoms with E-state index in [-0.39, 0.29) is 17.7 Å². The van der Waals surface area contributed by atoms with Gasteiger partial charge >= 0.3 is 0 Å². The summed E-state index contributed by atoms with van der Waals surface area (Å²) < 4.78 is 1.71. The Morgan fingerprint density at radius 3 is 2.59 bits per heavy atom. The molecule has 3 heterocycles. The van der Waals surface area contributed by atoms with Gasteiger partial charge in [-0.1, -0.05) is 19.9 Å². The smallest absolute Gasteiger partial charge is 0.274 e. The molecule has 6 rings (SSSR count). The molecule has 34 heavy (non-hydrogen) atoms. The number of carbonyl (C=O) groups is 3. The highest BCUT2D eigenvalue weighted by molar-refractivity contribution is 5.95. The summed E-state index contributed by atoms with van der Waals surface area (Å²) in [6.07, 6.45) is 6.14. The van der Waals surface area contributed by atoms with Gasteiger partial charge < -0.3 is 15.1 Å². The van der Waals surface area contributed by atoms with E-state index in [4.69, 9.17) is 0 Å². The number of pyridine rings is 1. The summed E-state index contributed by atoms with van der Waals surface area (Å²) >= 11 is 0. The first-order chi connectivity index (χ1) is 16.3. The van der Waals surface area contributed by atoms with Crippen molar-refractivity contribution in [3.8, 4) is 0 Å². The first-order valence-corrected chi connectivity index (χ1v) is 12.6. The summed E-state index contributed by atoms with van der Waals surface area (Å²) in [6, 6.07) is 5.40. The molecule has 8 nitrogen and oxygen atoms in total. The Bertz CT molecular complexity index is 1120. The van der Waals surface area contributed by atoms with Crippen molar-refractivity contribution in [2.24, 2.45) is 23.2 Å². The monoisotopic (exact) mass is 465 g/mol. The lowest BCUT2D eigenvalue weighted by Crippen LogP contribution is -2.54. The van der Waals surface area contributed by atoms with Gasteiger partial charge in [-0.2, -0.15) is 0 Å². The third-order valence-corrected chi connectivity index (χ3v) is 8.70. The summed E-state index contributed by atoms with van der Waals surface area (Å²) in [5, 5.41) is 3.16. The van der Waals surface area contributed by atoms with Gasteiger partial charge in [0.15, 0.2) is 0 Å². The second kappa shape index (κ2) is 8.71. The number of rotatable bonds is 4. The van der Waals surface area contributed by atoms with Gasteiger partial charge in [0.05, 0.1) is 0 Å². The zero-order valence-electron chi connectivity index (χ0n) is 20.4. The van der Waals surface area contributed by atoms with Crippen molar-refractivity contribution < 1.29 is 14.4 Å². The Morgan fingerprint density at radius 1 is 1.09 bits per heavy atom. The van der Waals surface area contributed by atoms with Gasteiger partial charge in [-0.3, -0.25) is 18.8 Å². The molecule has 0 radical (unpaired) electrons. The van der Waals surface area contributed by atoms with Crippen LogP contribution in [0.15, 0.2) is 24.4 Å². The zero-order chi connectivity index (χ0) is 24.0. The number of amides is 3. The van der Waals surface area contributed by atoms with Gasteiger partial charge in [0.25, 0.3) is 11.8 Å². The fraction of sp³-hybridized carbons (Fsp3) is 0.615. The third kappa shape index (κ3) is 3.97. The Labute approximate surface area is 200 Å².